The number of rotatable bonds is 3. The van der Waals surface area contributed by atoms with Gasteiger partial charge in [0.05, 0.1) is 12.4 Å². The van der Waals surface area contributed by atoms with Gasteiger partial charge in [-0.25, -0.2) is 4.98 Å². The van der Waals surface area contributed by atoms with Gasteiger partial charge in [0.1, 0.15) is 11.6 Å². The van der Waals surface area contributed by atoms with Gasteiger partial charge >= 0.3 is 0 Å². The van der Waals surface area contributed by atoms with Gasteiger partial charge in [-0.3, -0.25) is 4.98 Å². The molecule has 2 rings (SSSR count). The van der Waals surface area contributed by atoms with Crippen molar-refractivity contribution in [3.63, 3.8) is 0 Å². The molecule has 1 heterocycles. The number of nitrogens with two attached hydrogens (primary N) is 1. The van der Waals surface area contributed by atoms with Gasteiger partial charge in [0, 0.05) is 13.6 Å². The van der Waals surface area contributed by atoms with Crippen LogP contribution >= 0.6 is 0 Å². The number of nitrogens with zero attached hydrogens (tertiary/aromatic N) is 3. The first kappa shape index (κ1) is 10.4. The van der Waals surface area contributed by atoms with E-state index in [-0.39, 0.29) is 0 Å². The van der Waals surface area contributed by atoms with Crippen LogP contribution in [0.5, 0.6) is 0 Å². The first-order valence-electron chi connectivity index (χ1n) is 5.08. The number of aromatic nitrogens is 2. The van der Waals surface area contributed by atoms with Gasteiger partial charge < -0.3 is 10.6 Å². The van der Waals surface area contributed by atoms with Crippen LogP contribution in [0.3, 0.4) is 0 Å². The predicted octanol–water partition coefficient (Wildman–Crippen LogP) is 1.70. The van der Waals surface area contributed by atoms with E-state index in [9.17, 15) is 0 Å². The van der Waals surface area contributed by atoms with Crippen LogP contribution in [0.15, 0.2) is 42.7 Å². The zero-order valence-electron chi connectivity index (χ0n) is 9.17. The largest absolute Gasteiger partial charge is 0.382 e. The van der Waals surface area contributed by atoms with Crippen molar-refractivity contribution in [1.82, 2.24) is 9.97 Å². The molecule has 1 aromatic heterocycles. The summed E-state index contributed by atoms with van der Waals surface area (Å²) in [5.74, 6) is 1.22. The highest BCUT2D eigenvalue weighted by Crippen LogP contribution is 2.12. The quantitative estimate of drug-likeness (QED) is 0.844. The van der Waals surface area contributed by atoms with E-state index in [1.165, 1.54) is 5.56 Å². The molecule has 16 heavy (non-hydrogen) atoms. The van der Waals surface area contributed by atoms with Crippen molar-refractivity contribution >= 4 is 11.6 Å². The lowest BCUT2D eigenvalue weighted by Gasteiger charge is -2.17. The molecule has 0 atom stereocenters. The van der Waals surface area contributed by atoms with Crippen molar-refractivity contribution in [3.05, 3.63) is 48.3 Å². The summed E-state index contributed by atoms with van der Waals surface area (Å²) in [6, 6.07) is 10.2. The lowest BCUT2D eigenvalue weighted by molar-refractivity contribution is 0.892. The topological polar surface area (TPSA) is 55.0 Å². The molecule has 2 N–H and O–H groups in total. The summed E-state index contributed by atoms with van der Waals surface area (Å²) in [5, 5.41) is 0. The Kier molecular flexibility index (Phi) is 3.00. The summed E-state index contributed by atoms with van der Waals surface area (Å²) < 4.78 is 0. The van der Waals surface area contributed by atoms with Gasteiger partial charge in [-0.05, 0) is 5.56 Å². The summed E-state index contributed by atoms with van der Waals surface area (Å²) in [4.78, 5) is 10.2. The minimum atomic E-state index is 0.442. The number of hydrogen-bond acceptors (Lipinski definition) is 4. The highest BCUT2D eigenvalue weighted by molar-refractivity contribution is 5.41. The molecule has 1 aromatic carbocycles. The van der Waals surface area contributed by atoms with Gasteiger partial charge in [-0.2, -0.15) is 0 Å². The minimum Gasteiger partial charge on any atom is -0.382 e. The third kappa shape index (κ3) is 2.48. The van der Waals surface area contributed by atoms with Crippen LogP contribution in [-0.2, 0) is 6.54 Å². The smallest absolute Gasteiger partial charge is 0.149 e. The van der Waals surface area contributed by atoms with E-state index in [4.69, 9.17) is 5.73 Å². The van der Waals surface area contributed by atoms with E-state index in [2.05, 4.69) is 22.1 Å². The van der Waals surface area contributed by atoms with Crippen molar-refractivity contribution in [2.24, 2.45) is 0 Å². The van der Waals surface area contributed by atoms with Crippen molar-refractivity contribution in [3.8, 4) is 0 Å². The maximum absolute atomic E-state index is 5.59. The van der Waals surface area contributed by atoms with Crippen LogP contribution in [0, 0.1) is 0 Å². The molecule has 0 aliphatic carbocycles. The van der Waals surface area contributed by atoms with Crippen LogP contribution in [0.4, 0.5) is 11.6 Å². The second-order valence-corrected chi connectivity index (χ2v) is 3.64. The summed E-state index contributed by atoms with van der Waals surface area (Å²) in [6.45, 7) is 0.791. The molecule has 0 aliphatic heterocycles. The molecule has 4 heteroatoms. The van der Waals surface area contributed by atoms with E-state index < -0.39 is 0 Å². The minimum absolute atomic E-state index is 0.442. The molecule has 0 bridgehead atoms. The van der Waals surface area contributed by atoms with Gasteiger partial charge in [0.25, 0.3) is 0 Å². The first-order valence-corrected chi connectivity index (χ1v) is 5.08. The zero-order chi connectivity index (χ0) is 11.4. The van der Waals surface area contributed by atoms with Crippen LogP contribution in [-0.4, -0.2) is 17.0 Å². The molecular formula is C12H14N4. The molecule has 0 fully saturated rings. The molecule has 0 unspecified atom stereocenters. The Morgan fingerprint density at radius 1 is 1.19 bits per heavy atom. The number of hydrogen-bond donors (Lipinski definition) is 1. The first-order chi connectivity index (χ1) is 7.75. The summed E-state index contributed by atoms with van der Waals surface area (Å²) in [6.07, 6.45) is 3.25. The molecule has 0 amide bonds. The molecule has 4 nitrogen and oxygen atoms in total. The van der Waals surface area contributed by atoms with Crippen LogP contribution < -0.4 is 10.6 Å². The number of benzene rings is 1. The third-order valence-corrected chi connectivity index (χ3v) is 2.29. The van der Waals surface area contributed by atoms with E-state index >= 15 is 0 Å². The van der Waals surface area contributed by atoms with Gasteiger partial charge in [-0.15, -0.1) is 0 Å². The Bertz CT molecular complexity index is 456. The van der Waals surface area contributed by atoms with Crippen LogP contribution in [0.25, 0.3) is 0 Å². The highest BCUT2D eigenvalue weighted by Gasteiger charge is 2.03. The van der Waals surface area contributed by atoms with E-state index in [1.807, 2.05) is 30.1 Å². The van der Waals surface area contributed by atoms with Crippen molar-refractivity contribution in [1.29, 1.82) is 0 Å². The van der Waals surface area contributed by atoms with Crippen molar-refractivity contribution in [2.45, 2.75) is 6.54 Å². The zero-order valence-corrected chi connectivity index (χ0v) is 9.17. The predicted molar refractivity (Wildman–Crippen MR) is 65.0 cm³/mol. The maximum Gasteiger partial charge on any atom is 0.149 e. The van der Waals surface area contributed by atoms with Gasteiger partial charge in [0.2, 0.25) is 0 Å². The van der Waals surface area contributed by atoms with Gasteiger partial charge in [-0.1, -0.05) is 30.3 Å². The molecular weight excluding hydrogens is 200 g/mol. The Morgan fingerprint density at radius 3 is 2.62 bits per heavy atom. The normalized spacial score (nSPS) is 10.1. The van der Waals surface area contributed by atoms with E-state index in [0.717, 1.165) is 12.4 Å². The Hall–Kier alpha value is -2.10. The Labute approximate surface area is 94.8 Å². The average Bonchev–Trinajstić information content (AvgIpc) is 2.30. The standard InChI is InChI=1S/C12H14N4/c1-16(9-10-5-3-2-4-6-10)12-8-14-7-11(13)15-12/h2-8H,9H2,1H3,(H2,13,15). The monoisotopic (exact) mass is 214 g/mol. The second-order valence-electron chi connectivity index (χ2n) is 3.64. The fourth-order valence-corrected chi connectivity index (χ4v) is 1.49. The molecule has 0 aliphatic rings. The maximum atomic E-state index is 5.59. The molecule has 2 aromatic rings. The lowest BCUT2D eigenvalue weighted by Crippen LogP contribution is -2.18. The fraction of sp³-hybridized carbons (Fsp3) is 0.167. The van der Waals surface area contributed by atoms with Crippen LogP contribution in [0.1, 0.15) is 5.56 Å². The van der Waals surface area contributed by atoms with Crippen molar-refractivity contribution < 1.29 is 0 Å². The summed E-state index contributed by atoms with van der Waals surface area (Å²) >= 11 is 0. The van der Waals surface area contributed by atoms with Gasteiger partial charge in [0.15, 0.2) is 0 Å². The summed E-state index contributed by atoms with van der Waals surface area (Å²) in [5.41, 5.74) is 6.82. The Balaban J connectivity index is 2.12. The molecule has 0 saturated carbocycles. The molecule has 0 radical (unpaired) electrons. The highest BCUT2D eigenvalue weighted by atomic mass is 15.2. The van der Waals surface area contributed by atoms with E-state index in [1.54, 1.807) is 12.4 Å². The van der Waals surface area contributed by atoms with Crippen molar-refractivity contribution in [2.75, 3.05) is 17.7 Å². The SMILES string of the molecule is CN(Cc1ccccc1)c1cncc(N)n1. The molecule has 82 valence electrons. The fourth-order valence-electron chi connectivity index (χ4n) is 1.49. The van der Waals surface area contributed by atoms with Crippen LogP contribution in [0.2, 0.25) is 0 Å². The number of anilines is 2. The Morgan fingerprint density at radius 2 is 1.94 bits per heavy atom. The molecule has 0 spiro atoms. The third-order valence-electron chi connectivity index (χ3n) is 2.29. The number of nitrogen functional groups attached to an aromatic ring is 1. The second kappa shape index (κ2) is 4.61. The van der Waals surface area contributed by atoms with E-state index in [0.29, 0.717) is 5.82 Å². The average molecular weight is 214 g/mol. The molecule has 0 saturated heterocycles. The lowest BCUT2D eigenvalue weighted by atomic mass is 10.2. The summed E-state index contributed by atoms with van der Waals surface area (Å²) in [7, 11) is 1.97.